The molecule has 1 heterocycles. The van der Waals surface area contributed by atoms with Crippen molar-refractivity contribution in [3.63, 3.8) is 0 Å². The van der Waals surface area contributed by atoms with Crippen LogP contribution >= 0.6 is 0 Å². The first-order valence-corrected chi connectivity index (χ1v) is 3.71. The smallest absolute Gasteiger partial charge is 0.132 e. The minimum Gasteiger partial charge on any atom is -0.365 e. The topological polar surface area (TPSA) is 12.5 Å². The molecule has 1 aliphatic heterocycles. The van der Waals surface area contributed by atoms with Crippen LogP contribution in [-0.2, 0) is 10.3 Å². The van der Waals surface area contributed by atoms with Crippen molar-refractivity contribution in [1.82, 2.24) is 0 Å². The Balaban J connectivity index is 2.45. The number of benzene rings is 1. The lowest BCUT2D eigenvalue weighted by Crippen LogP contribution is -2.05. The van der Waals surface area contributed by atoms with Crippen LogP contribution in [0.4, 0.5) is 8.78 Å². The van der Waals surface area contributed by atoms with Crippen molar-refractivity contribution < 1.29 is 13.5 Å². The molecule has 1 aliphatic rings. The summed E-state index contributed by atoms with van der Waals surface area (Å²) in [5.41, 5.74) is -0.0819. The fourth-order valence-electron chi connectivity index (χ4n) is 1.18. The van der Waals surface area contributed by atoms with Gasteiger partial charge in [0.25, 0.3) is 0 Å². The standard InChI is InChI=1S/C9H8F2O/c1-9(5-12-9)7-3-2-6(10)4-8(7)11/h2-4H,5H2,1H3. The number of epoxide rings is 1. The molecule has 1 unspecified atom stereocenters. The summed E-state index contributed by atoms with van der Waals surface area (Å²) in [6, 6.07) is 3.55. The molecule has 12 heavy (non-hydrogen) atoms. The lowest BCUT2D eigenvalue weighted by Gasteiger charge is -2.05. The molecule has 1 atom stereocenters. The van der Waals surface area contributed by atoms with Gasteiger partial charge in [0.05, 0.1) is 6.61 Å². The van der Waals surface area contributed by atoms with E-state index < -0.39 is 17.2 Å². The molecule has 1 fully saturated rings. The maximum absolute atomic E-state index is 13.1. The molecule has 0 N–H and O–H groups in total. The fourth-order valence-corrected chi connectivity index (χ4v) is 1.18. The lowest BCUT2D eigenvalue weighted by molar-refractivity contribution is 0.321. The van der Waals surface area contributed by atoms with Gasteiger partial charge in [-0.3, -0.25) is 0 Å². The molecule has 0 radical (unpaired) electrons. The molecule has 0 amide bonds. The van der Waals surface area contributed by atoms with Gasteiger partial charge in [0.15, 0.2) is 0 Å². The van der Waals surface area contributed by atoms with Gasteiger partial charge in [-0.2, -0.15) is 0 Å². The predicted octanol–water partition coefficient (Wildman–Crippen LogP) is 2.21. The van der Waals surface area contributed by atoms with Crippen LogP contribution in [0.2, 0.25) is 0 Å². The van der Waals surface area contributed by atoms with Gasteiger partial charge in [-0.15, -0.1) is 0 Å². The van der Waals surface area contributed by atoms with Crippen LogP contribution in [0.5, 0.6) is 0 Å². The van der Waals surface area contributed by atoms with Crippen LogP contribution in [0.3, 0.4) is 0 Å². The summed E-state index contributed by atoms with van der Waals surface area (Å²) in [7, 11) is 0. The van der Waals surface area contributed by atoms with Crippen LogP contribution < -0.4 is 0 Å². The van der Waals surface area contributed by atoms with E-state index >= 15 is 0 Å². The Morgan fingerprint density at radius 3 is 2.58 bits per heavy atom. The number of hydrogen-bond acceptors (Lipinski definition) is 1. The van der Waals surface area contributed by atoms with E-state index in [1.165, 1.54) is 12.1 Å². The van der Waals surface area contributed by atoms with Crippen LogP contribution in [0.15, 0.2) is 18.2 Å². The molecule has 0 bridgehead atoms. The van der Waals surface area contributed by atoms with Gasteiger partial charge in [0.1, 0.15) is 17.2 Å². The van der Waals surface area contributed by atoms with Gasteiger partial charge in [-0.1, -0.05) is 6.07 Å². The first-order valence-electron chi connectivity index (χ1n) is 3.71. The molecule has 0 spiro atoms. The predicted molar refractivity (Wildman–Crippen MR) is 39.7 cm³/mol. The lowest BCUT2D eigenvalue weighted by atomic mass is 10.0. The van der Waals surface area contributed by atoms with E-state index in [-0.39, 0.29) is 0 Å². The summed E-state index contributed by atoms with van der Waals surface area (Å²) >= 11 is 0. The molecular weight excluding hydrogens is 162 g/mol. The first-order chi connectivity index (χ1) is 5.62. The zero-order valence-electron chi connectivity index (χ0n) is 6.60. The van der Waals surface area contributed by atoms with Crippen molar-refractivity contribution in [2.24, 2.45) is 0 Å². The van der Waals surface area contributed by atoms with E-state index in [0.29, 0.717) is 12.2 Å². The Hall–Kier alpha value is -0.960. The van der Waals surface area contributed by atoms with E-state index in [4.69, 9.17) is 4.74 Å². The Bertz CT molecular complexity index is 318. The Kier molecular flexibility index (Phi) is 1.45. The highest BCUT2D eigenvalue weighted by Crippen LogP contribution is 2.39. The first kappa shape index (κ1) is 7.68. The second-order valence-electron chi connectivity index (χ2n) is 3.14. The number of hydrogen-bond donors (Lipinski definition) is 0. The zero-order chi connectivity index (χ0) is 8.77. The van der Waals surface area contributed by atoms with E-state index in [0.717, 1.165) is 6.07 Å². The van der Waals surface area contributed by atoms with Crippen molar-refractivity contribution in [3.05, 3.63) is 35.4 Å². The average Bonchev–Trinajstić information content (AvgIpc) is 2.68. The molecular formula is C9H8F2O. The minimum atomic E-state index is -0.555. The molecule has 0 aliphatic carbocycles. The number of rotatable bonds is 1. The quantitative estimate of drug-likeness (QED) is 0.588. The third kappa shape index (κ3) is 1.10. The van der Waals surface area contributed by atoms with Gasteiger partial charge >= 0.3 is 0 Å². The summed E-state index contributed by atoms with van der Waals surface area (Å²) in [6.07, 6.45) is 0. The third-order valence-corrected chi connectivity index (χ3v) is 2.08. The second kappa shape index (κ2) is 2.26. The van der Waals surface area contributed by atoms with Gasteiger partial charge in [0, 0.05) is 11.6 Å². The molecule has 64 valence electrons. The van der Waals surface area contributed by atoms with Crippen LogP contribution in [0, 0.1) is 11.6 Å². The molecule has 1 saturated heterocycles. The van der Waals surface area contributed by atoms with Crippen molar-refractivity contribution in [2.75, 3.05) is 6.61 Å². The normalized spacial score (nSPS) is 27.2. The van der Waals surface area contributed by atoms with E-state index in [1.54, 1.807) is 6.92 Å². The maximum Gasteiger partial charge on any atom is 0.132 e. The molecule has 1 nitrogen and oxygen atoms in total. The molecule has 1 aromatic carbocycles. The van der Waals surface area contributed by atoms with Crippen molar-refractivity contribution >= 4 is 0 Å². The summed E-state index contributed by atoms with van der Waals surface area (Å²) in [5, 5.41) is 0. The van der Waals surface area contributed by atoms with Gasteiger partial charge in [-0.25, -0.2) is 8.78 Å². The van der Waals surface area contributed by atoms with Gasteiger partial charge in [0.2, 0.25) is 0 Å². The number of halogens is 2. The van der Waals surface area contributed by atoms with Gasteiger partial charge < -0.3 is 4.74 Å². The highest BCUT2D eigenvalue weighted by Gasteiger charge is 2.43. The van der Waals surface area contributed by atoms with E-state index in [2.05, 4.69) is 0 Å². The minimum absolute atomic E-state index is 0.434. The Labute approximate surface area is 69.0 Å². The summed E-state index contributed by atoms with van der Waals surface area (Å²) in [5.74, 6) is -1.09. The third-order valence-electron chi connectivity index (χ3n) is 2.08. The van der Waals surface area contributed by atoms with Crippen LogP contribution in [0.1, 0.15) is 12.5 Å². The Morgan fingerprint density at radius 1 is 1.42 bits per heavy atom. The summed E-state index contributed by atoms with van der Waals surface area (Å²) in [4.78, 5) is 0. The van der Waals surface area contributed by atoms with E-state index in [9.17, 15) is 8.78 Å². The molecule has 2 rings (SSSR count). The molecule has 3 heteroatoms. The molecule has 0 saturated carbocycles. The highest BCUT2D eigenvalue weighted by atomic mass is 19.1. The van der Waals surface area contributed by atoms with Crippen LogP contribution in [-0.4, -0.2) is 6.61 Å². The van der Waals surface area contributed by atoms with Crippen molar-refractivity contribution in [1.29, 1.82) is 0 Å². The SMILES string of the molecule is CC1(c2ccc(F)cc2F)CO1. The molecule has 0 aromatic heterocycles. The molecule has 1 aromatic rings. The highest BCUT2D eigenvalue weighted by molar-refractivity contribution is 5.27. The van der Waals surface area contributed by atoms with Gasteiger partial charge in [-0.05, 0) is 13.0 Å². The van der Waals surface area contributed by atoms with E-state index in [1.807, 2.05) is 0 Å². The Morgan fingerprint density at radius 2 is 2.08 bits per heavy atom. The van der Waals surface area contributed by atoms with Crippen molar-refractivity contribution in [3.8, 4) is 0 Å². The summed E-state index contributed by atoms with van der Waals surface area (Å²) in [6.45, 7) is 2.29. The summed E-state index contributed by atoms with van der Waals surface area (Å²) < 4.78 is 30.6. The second-order valence-corrected chi connectivity index (χ2v) is 3.14. The largest absolute Gasteiger partial charge is 0.365 e. The number of ether oxygens (including phenoxy) is 1. The monoisotopic (exact) mass is 170 g/mol. The van der Waals surface area contributed by atoms with Crippen molar-refractivity contribution in [2.45, 2.75) is 12.5 Å². The average molecular weight is 170 g/mol. The zero-order valence-corrected chi connectivity index (χ0v) is 6.60. The van der Waals surface area contributed by atoms with Crippen LogP contribution in [0.25, 0.3) is 0 Å². The maximum atomic E-state index is 13.1. The fraction of sp³-hybridized carbons (Fsp3) is 0.333.